The van der Waals surface area contributed by atoms with E-state index < -0.39 is 5.41 Å². The van der Waals surface area contributed by atoms with Crippen LogP contribution in [0.2, 0.25) is 0 Å². The first kappa shape index (κ1) is 17.4. The number of para-hydroxylation sites is 1. The van der Waals surface area contributed by atoms with Crippen LogP contribution in [0.4, 0.5) is 5.69 Å². The quantitative estimate of drug-likeness (QED) is 0.563. The van der Waals surface area contributed by atoms with Crippen LogP contribution >= 0.6 is 0 Å². The van der Waals surface area contributed by atoms with E-state index in [1.165, 1.54) is 0 Å². The Morgan fingerprint density at radius 2 is 2.00 bits per heavy atom. The van der Waals surface area contributed by atoms with Gasteiger partial charge in [0.1, 0.15) is 5.75 Å². The first-order chi connectivity index (χ1) is 14.2. The van der Waals surface area contributed by atoms with Gasteiger partial charge in [-0.1, -0.05) is 30.3 Å². The van der Waals surface area contributed by atoms with Gasteiger partial charge in [0.25, 0.3) is 0 Å². The maximum atomic E-state index is 13.2. The van der Waals surface area contributed by atoms with E-state index in [2.05, 4.69) is 15.3 Å². The third kappa shape index (κ3) is 3.02. The number of carbonyl (C=O) groups excluding carboxylic acids is 1. The molecule has 0 unspecified atom stereocenters. The zero-order chi connectivity index (χ0) is 19.8. The number of hydrogen-bond acceptors (Lipinski definition) is 4. The minimum atomic E-state index is -0.518. The van der Waals surface area contributed by atoms with Crippen LogP contribution in [-0.2, 0) is 10.2 Å². The second kappa shape index (κ2) is 6.74. The number of nitrogens with zero attached hydrogens (tertiary/aromatic N) is 3. The van der Waals surface area contributed by atoms with Crippen molar-refractivity contribution in [2.75, 3.05) is 12.4 Å². The van der Waals surface area contributed by atoms with Crippen LogP contribution in [0.1, 0.15) is 18.4 Å². The molecule has 0 atom stereocenters. The average molecular weight is 384 g/mol. The molecule has 6 heteroatoms. The lowest BCUT2D eigenvalue weighted by atomic mass is 9.93. The van der Waals surface area contributed by atoms with Gasteiger partial charge in [0.15, 0.2) is 0 Å². The van der Waals surface area contributed by atoms with Crippen LogP contribution in [0, 0.1) is 0 Å². The number of carbonyl (C=O) groups is 1. The van der Waals surface area contributed by atoms with Gasteiger partial charge in [-0.2, -0.15) is 0 Å². The third-order valence-corrected chi connectivity index (χ3v) is 5.46. The first-order valence-electron chi connectivity index (χ1n) is 9.55. The Hall–Kier alpha value is -3.67. The van der Waals surface area contributed by atoms with Crippen LogP contribution in [0.15, 0.2) is 73.2 Å². The Morgan fingerprint density at radius 3 is 2.79 bits per heavy atom. The van der Waals surface area contributed by atoms with Crippen molar-refractivity contribution >= 4 is 17.4 Å². The summed E-state index contributed by atoms with van der Waals surface area (Å²) in [6.07, 6.45) is 7.19. The number of aromatic nitrogens is 3. The molecule has 1 saturated carbocycles. The van der Waals surface area contributed by atoms with Crippen molar-refractivity contribution in [3.05, 3.63) is 78.8 Å². The van der Waals surface area contributed by atoms with Gasteiger partial charge in [-0.05, 0) is 37.1 Å². The molecule has 1 aliphatic carbocycles. The number of imidazole rings is 1. The molecule has 1 N–H and O–H groups in total. The molecule has 144 valence electrons. The second-order valence-electron chi connectivity index (χ2n) is 7.27. The Balaban J connectivity index is 1.42. The molecule has 4 aromatic rings. The monoisotopic (exact) mass is 384 g/mol. The van der Waals surface area contributed by atoms with Crippen molar-refractivity contribution in [3.63, 3.8) is 0 Å². The first-order valence-corrected chi connectivity index (χ1v) is 9.55. The molecular weight excluding hydrogens is 364 g/mol. The minimum Gasteiger partial charge on any atom is -0.496 e. The van der Waals surface area contributed by atoms with Crippen LogP contribution in [0.5, 0.6) is 5.75 Å². The smallest absolute Gasteiger partial charge is 0.235 e. The van der Waals surface area contributed by atoms with Gasteiger partial charge in [-0.15, -0.1) is 0 Å². The van der Waals surface area contributed by atoms with Gasteiger partial charge in [0, 0.05) is 35.4 Å². The summed E-state index contributed by atoms with van der Waals surface area (Å²) in [7, 11) is 1.64. The maximum Gasteiger partial charge on any atom is 0.235 e. The van der Waals surface area contributed by atoms with Gasteiger partial charge in [-0.3, -0.25) is 9.20 Å². The lowest BCUT2D eigenvalue weighted by molar-refractivity contribution is -0.118. The fraction of sp³-hybridized carbons (Fsp3) is 0.174. The van der Waals surface area contributed by atoms with E-state index >= 15 is 0 Å². The van der Waals surface area contributed by atoms with E-state index in [9.17, 15) is 4.79 Å². The van der Waals surface area contributed by atoms with E-state index in [4.69, 9.17) is 4.74 Å². The number of benzene rings is 2. The Bertz CT molecular complexity index is 1180. The lowest BCUT2D eigenvalue weighted by Crippen LogP contribution is -2.28. The average Bonchev–Trinajstić information content (AvgIpc) is 3.46. The highest BCUT2D eigenvalue weighted by atomic mass is 16.5. The molecule has 0 spiro atoms. The van der Waals surface area contributed by atoms with E-state index in [-0.39, 0.29) is 5.91 Å². The predicted molar refractivity (Wildman–Crippen MR) is 111 cm³/mol. The topological polar surface area (TPSA) is 68.5 Å². The number of ether oxygens (including phenoxy) is 1. The van der Waals surface area contributed by atoms with Gasteiger partial charge in [-0.25, -0.2) is 9.97 Å². The Morgan fingerprint density at radius 1 is 1.14 bits per heavy atom. The van der Waals surface area contributed by atoms with Crippen molar-refractivity contribution < 1.29 is 9.53 Å². The zero-order valence-electron chi connectivity index (χ0n) is 16.0. The van der Waals surface area contributed by atoms with Crippen molar-refractivity contribution in [3.8, 4) is 17.0 Å². The van der Waals surface area contributed by atoms with Crippen LogP contribution in [0.25, 0.3) is 17.0 Å². The van der Waals surface area contributed by atoms with E-state index in [0.29, 0.717) is 5.78 Å². The van der Waals surface area contributed by atoms with Crippen LogP contribution < -0.4 is 10.1 Å². The summed E-state index contributed by atoms with van der Waals surface area (Å²) in [6.45, 7) is 0. The third-order valence-electron chi connectivity index (χ3n) is 5.46. The molecule has 1 fully saturated rings. The summed E-state index contributed by atoms with van der Waals surface area (Å²) < 4.78 is 7.36. The molecule has 1 amide bonds. The van der Waals surface area contributed by atoms with Gasteiger partial charge in [0.05, 0.1) is 18.2 Å². The highest BCUT2D eigenvalue weighted by molar-refractivity contribution is 6.02. The number of nitrogens with one attached hydrogen (secondary N) is 1. The molecule has 2 aromatic carbocycles. The molecule has 6 nitrogen and oxygen atoms in total. The Labute approximate surface area is 168 Å². The standard InChI is InChI=1S/C23H20N4O2/c1-29-20-9-3-2-8-18(20)23(10-11-23)21(28)25-17-7-4-6-16(14-17)19-15-27-13-5-12-24-22(27)26-19/h2-9,12-15H,10-11H2,1H3,(H,25,28). The molecule has 0 aliphatic heterocycles. The van der Waals surface area contributed by atoms with Gasteiger partial charge in [0.2, 0.25) is 11.7 Å². The fourth-order valence-electron chi connectivity index (χ4n) is 3.76. The maximum absolute atomic E-state index is 13.2. The molecular formula is C23H20N4O2. The van der Waals surface area contributed by atoms with Gasteiger partial charge < -0.3 is 10.1 Å². The Kier molecular flexibility index (Phi) is 4.05. The summed E-state index contributed by atoms with van der Waals surface area (Å²) in [4.78, 5) is 22.0. The van der Waals surface area contributed by atoms with Gasteiger partial charge >= 0.3 is 0 Å². The molecule has 5 rings (SSSR count). The van der Waals surface area contributed by atoms with Crippen LogP contribution in [0.3, 0.4) is 0 Å². The molecule has 0 bridgehead atoms. The molecule has 2 aromatic heterocycles. The van der Waals surface area contributed by atoms with E-state index in [0.717, 1.165) is 41.1 Å². The summed E-state index contributed by atoms with van der Waals surface area (Å²) in [5, 5.41) is 3.09. The number of methoxy groups -OCH3 is 1. The highest BCUT2D eigenvalue weighted by Gasteiger charge is 2.52. The number of anilines is 1. The fourth-order valence-corrected chi connectivity index (χ4v) is 3.76. The van der Waals surface area contributed by atoms with Crippen molar-refractivity contribution in [1.29, 1.82) is 0 Å². The van der Waals surface area contributed by atoms with Crippen molar-refractivity contribution in [1.82, 2.24) is 14.4 Å². The number of amides is 1. The summed E-state index contributed by atoms with van der Waals surface area (Å²) in [5.74, 6) is 1.40. The number of fused-ring (bicyclic) bond motifs is 1. The van der Waals surface area contributed by atoms with Crippen molar-refractivity contribution in [2.24, 2.45) is 0 Å². The summed E-state index contributed by atoms with van der Waals surface area (Å²) in [6, 6.07) is 17.3. The second-order valence-corrected chi connectivity index (χ2v) is 7.27. The summed E-state index contributed by atoms with van der Waals surface area (Å²) >= 11 is 0. The van der Waals surface area contributed by atoms with Crippen LogP contribution in [-0.4, -0.2) is 27.4 Å². The number of hydrogen-bond donors (Lipinski definition) is 1. The molecule has 0 radical (unpaired) electrons. The highest BCUT2D eigenvalue weighted by Crippen LogP contribution is 2.52. The molecule has 29 heavy (non-hydrogen) atoms. The normalized spacial score (nSPS) is 14.5. The lowest BCUT2D eigenvalue weighted by Gasteiger charge is -2.18. The zero-order valence-corrected chi connectivity index (χ0v) is 16.0. The largest absolute Gasteiger partial charge is 0.496 e. The van der Waals surface area contributed by atoms with Crippen molar-refractivity contribution in [2.45, 2.75) is 18.3 Å². The summed E-state index contributed by atoms with van der Waals surface area (Å²) in [5.41, 5.74) is 2.91. The predicted octanol–water partition coefficient (Wildman–Crippen LogP) is 4.08. The molecule has 0 saturated heterocycles. The molecule has 1 aliphatic rings. The number of rotatable bonds is 5. The molecule has 2 heterocycles. The van der Waals surface area contributed by atoms with E-state index in [1.807, 2.05) is 71.4 Å². The SMILES string of the molecule is COc1ccccc1C1(C(=O)Nc2cccc(-c3cn4cccnc4n3)c2)CC1. The minimum absolute atomic E-state index is 0.00387. The van der Waals surface area contributed by atoms with E-state index in [1.54, 1.807) is 13.3 Å².